The molecule has 0 aliphatic carbocycles. The molecule has 3 N–H and O–H groups in total. The normalized spacial score (nSPS) is 25.1. The number of hydrogen-bond donors (Lipinski definition) is 2. The predicted molar refractivity (Wildman–Crippen MR) is 108 cm³/mol. The molecule has 1 fully saturated rings. The van der Waals surface area contributed by atoms with Crippen LogP contribution in [0.5, 0.6) is 5.75 Å². The van der Waals surface area contributed by atoms with E-state index in [1.165, 1.54) is 5.56 Å². The number of rotatable bonds is 2. The van der Waals surface area contributed by atoms with E-state index >= 15 is 0 Å². The largest absolute Gasteiger partial charge is 0.494 e. The highest BCUT2D eigenvalue weighted by Gasteiger charge is 2.51. The summed E-state index contributed by atoms with van der Waals surface area (Å²) >= 11 is 0. The van der Waals surface area contributed by atoms with Crippen molar-refractivity contribution in [1.29, 1.82) is 0 Å². The first-order valence-electron chi connectivity index (χ1n) is 9.34. The van der Waals surface area contributed by atoms with Gasteiger partial charge in [-0.2, -0.15) is 0 Å². The highest BCUT2D eigenvalue weighted by atomic mass is 16.7. The summed E-state index contributed by atoms with van der Waals surface area (Å²) in [6.07, 6.45) is 0. The van der Waals surface area contributed by atoms with E-state index in [2.05, 4.69) is 24.4 Å². The minimum Gasteiger partial charge on any atom is -0.448 e. The van der Waals surface area contributed by atoms with Gasteiger partial charge in [0, 0.05) is 5.56 Å². The molecule has 0 amide bonds. The molecule has 0 aromatic heterocycles. The van der Waals surface area contributed by atoms with Gasteiger partial charge in [0.25, 0.3) is 5.85 Å². The van der Waals surface area contributed by atoms with Gasteiger partial charge in [-0.05, 0) is 64.2 Å². The van der Waals surface area contributed by atoms with Gasteiger partial charge in [0.1, 0.15) is 0 Å². The Labute approximate surface area is 161 Å². The summed E-state index contributed by atoms with van der Waals surface area (Å²) in [5.74, 6) is -0.284. The Kier molecular flexibility index (Phi) is 3.90. The van der Waals surface area contributed by atoms with Crippen LogP contribution in [-0.2, 0) is 15.2 Å². The number of nitrogens with two attached hydrogens (primary N) is 1. The lowest BCUT2D eigenvalue weighted by molar-refractivity contribution is 0.00578. The van der Waals surface area contributed by atoms with Gasteiger partial charge in [-0.1, -0.05) is 30.3 Å². The fraction of sp³-hybridized carbons (Fsp3) is 0.429. The van der Waals surface area contributed by atoms with Crippen molar-refractivity contribution in [3.63, 3.8) is 0 Å². The Morgan fingerprint density at radius 1 is 0.926 bits per heavy atom. The average molecular weight is 366 g/mol. The molecule has 0 saturated carbocycles. The Balaban J connectivity index is 1.58. The number of ether oxygens (including phenoxy) is 1. The maximum atomic E-state index is 6.54. The second-order valence-electron chi connectivity index (χ2n) is 8.63. The van der Waals surface area contributed by atoms with Gasteiger partial charge in [-0.15, -0.1) is 0 Å². The van der Waals surface area contributed by atoms with Gasteiger partial charge in [0.2, 0.25) is 0 Å². The van der Waals surface area contributed by atoms with Crippen LogP contribution in [0.3, 0.4) is 0 Å². The van der Waals surface area contributed by atoms with Crippen molar-refractivity contribution in [2.75, 3.05) is 5.32 Å². The molecule has 0 bridgehead atoms. The van der Waals surface area contributed by atoms with Crippen LogP contribution in [0.4, 0.5) is 5.69 Å². The average Bonchev–Trinajstić information content (AvgIpc) is 3.02. The van der Waals surface area contributed by atoms with Crippen molar-refractivity contribution in [2.24, 2.45) is 5.73 Å². The van der Waals surface area contributed by atoms with Gasteiger partial charge in [0.05, 0.1) is 16.9 Å². The van der Waals surface area contributed by atoms with Crippen LogP contribution in [0.15, 0.2) is 36.4 Å². The van der Waals surface area contributed by atoms with Gasteiger partial charge < -0.3 is 19.4 Å². The summed E-state index contributed by atoms with van der Waals surface area (Å²) in [5, 5.41) is 3.32. The SMILES string of the molecule is Cc1cc(C)c2c(c1)NC(N)(c1ccc(B3OC(C)(C)C(C)(C)O3)cc1)O2. The molecule has 2 heterocycles. The van der Waals surface area contributed by atoms with Crippen LogP contribution in [0.2, 0.25) is 0 Å². The highest BCUT2D eigenvalue weighted by Crippen LogP contribution is 2.42. The fourth-order valence-electron chi connectivity index (χ4n) is 3.57. The second kappa shape index (κ2) is 5.74. The van der Waals surface area contributed by atoms with Crippen LogP contribution in [-0.4, -0.2) is 18.3 Å². The van der Waals surface area contributed by atoms with E-state index in [1.807, 2.05) is 58.9 Å². The number of anilines is 1. The lowest BCUT2D eigenvalue weighted by atomic mass is 9.78. The predicted octanol–water partition coefficient (Wildman–Crippen LogP) is 3.18. The minimum absolute atomic E-state index is 0.363. The number of fused-ring (bicyclic) bond motifs is 1. The molecule has 0 radical (unpaired) electrons. The van der Waals surface area contributed by atoms with Crippen molar-refractivity contribution in [3.05, 3.63) is 53.1 Å². The van der Waals surface area contributed by atoms with Crippen molar-refractivity contribution in [2.45, 2.75) is 58.6 Å². The van der Waals surface area contributed by atoms with Gasteiger partial charge >= 0.3 is 7.12 Å². The monoisotopic (exact) mass is 366 g/mol. The van der Waals surface area contributed by atoms with E-state index < -0.39 is 13.0 Å². The molecular weight excluding hydrogens is 339 g/mol. The summed E-state index contributed by atoms with van der Waals surface area (Å²) in [6, 6.07) is 12.0. The van der Waals surface area contributed by atoms with Gasteiger partial charge in [-0.3, -0.25) is 5.73 Å². The molecule has 2 aromatic carbocycles. The quantitative estimate of drug-likeness (QED) is 0.800. The topological polar surface area (TPSA) is 65.7 Å². The third-order valence-electron chi connectivity index (χ3n) is 5.87. The summed E-state index contributed by atoms with van der Waals surface area (Å²) in [4.78, 5) is 0. The summed E-state index contributed by atoms with van der Waals surface area (Å²) < 4.78 is 18.3. The third kappa shape index (κ3) is 2.92. The van der Waals surface area contributed by atoms with Crippen molar-refractivity contribution in [1.82, 2.24) is 0 Å². The molecule has 1 atom stereocenters. The minimum atomic E-state index is -1.09. The van der Waals surface area contributed by atoms with Crippen LogP contribution in [0.1, 0.15) is 44.4 Å². The Morgan fingerprint density at radius 2 is 1.52 bits per heavy atom. The number of hydrogen-bond acceptors (Lipinski definition) is 5. The lowest BCUT2D eigenvalue weighted by Gasteiger charge is -2.32. The van der Waals surface area contributed by atoms with Crippen molar-refractivity contribution in [3.8, 4) is 5.75 Å². The summed E-state index contributed by atoms with van der Waals surface area (Å²) in [6.45, 7) is 12.3. The zero-order valence-electron chi connectivity index (χ0n) is 16.8. The van der Waals surface area contributed by atoms with Crippen LogP contribution < -0.4 is 21.3 Å². The zero-order chi connectivity index (χ0) is 19.6. The fourth-order valence-corrected chi connectivity index (χ4v) is 3.57. The highest BCUT2D eigenvalue weighted by molar-refractivity contribution is 6.62. The number of aryl methyl sites for hydroxylation is 2. The zero-order valence-corrected chi connectivity index (χ0v) is 16.8. The molecule has 0 spiro atoms. The molecule has 5 nitrogen and oxygen atoms in total. The third-order valence-corrected chi connectivity index (χ3v) is 5.87. The molecule has 27 heavy (non-hydrogen) atoms. The molecule has 1 unspecified atom stereocenters. The molecule has 2 aliphatic heterocycles. The van der Waals surface area contributed by atoms with Crippen molar-refractivity contribution < 1.29 is 14.0 Å². The molecule has 2 aromatic rings. The van der Waals surface area contributed by atoms with E-state index in [0.717, 1.165) is 28.0 Å². The maximum Gasteiger partial charge on any atom is 0.494 e. The standard InChI is InChI=1S/C21H27BN2O3/c1-13-11-14(2)18-17(12-13)24-21(23,25-18)15-7-9-16(10-8-15)22-26-19(3,4)20(5,6)27-22/h7-12,24H,23H2,1-6H3. The van der Waals surface area contributed by atoms with Crippen LogP contribution in [0.25, 0.3) is 0 Å². The van der Waals surface area contributed by atoms with E-state index in [4.69, 9.17) is 19.8 Å². The molecule has 4 rings (SSSR count). The Hall–Kier alpha value is -2.02. The smallest absolute Gasteiger partial charge is 0.448 e. The van der Waals surface area contributed by atoms with Crippen LogP contribution >= 0.6 is 0 Å². The van der Waals surface area contributed by atoms with E-state index in [1.54, 1.807) is 0 Å². The molecule has 6 heteroatoms. The first-order chi connectivity index (χ1) is 12.5. The molecular formula is C21H27BN2O3. The lowest BCUT2D eigenvalue weighted by Crippen LogP contribution is -2.46. The van der Waals surface area contributed by atoms with E-state index in [9.17, 15) is 0 Å². The van der Waals surface area contributed by atoms with Gasteiger partial charge in [-0.25, -0.2) is 0 Å². The first kappa shape index (κ1) is 18.4. The summed E-state index contributed by atoms with van der Waals surface area (Å²) in [5.41, 5.74) is 10.8. The second-order valence-corrected chi connectivity index (χ2v) is 8.63. The van der Waals surface area contributed by atoms with Crippen molar-refractivity contribution >= 4 is 18.3 Å². The Morgan fingerprint density at radius 3 is 2.11 bits per heavy atom. The Bertz CT molecular complexity index is 879. The van der Waals surface area contributed by atoms with E-state index in [0.29, 0.717) is 0 Å². The molecule has 2 aliphatic rings. The number of nitrogens with one attached hydrogen (secondary N) is 1. The first-order valence-corrected chi connectivity index (χ1v) is 9.34. The molecule has 1 saturated heterocycles. The molecule has 142 valence electrons. The van der Waals surface area contributed by atoms with Gasteiger partial charge in [0.15, 0.2) is 5.75 Å². The summed E-state index contributed by atoms with van der Waals surface area (Å²) in [7, 11) is -0.391. The van der Waals surface area contributed by atoms with E-state index in [-0.39, 0.29) is 11.2 Å². The number of benzene rings is 2. The maximum absolute atomic E-state index is 6.54. The van der Waals surface area contributed by atoms with Crippen LogP contribution in [0, 0.1) is 13.8 Å².